The minimum absolute atomic E-state index is 0.157. The fourth-order valence-corrected chi connectivity index (χ4v) is 2.15. The first-order valence-corrected chi connectivity index (χ1v) is 5.79. The lowest BCUT2D eigenvalue weighted by Crippen LogP contribution is -2.51. The van der Waals surface area contributed by atoms with Gasteiger partial charge in [0.05, 0.1) is 11.2 Å². The Kier molecular flexibility index (Phi) is 2.55. The lowest BCUT2D eigenvalue weighted by Gasteiger charge is -2.44. The molecule has 1 aromatic rings. The summed E-state index contributed by atoms with van der Waals surface area (Å²) in [6.07, 6.45) is 4.27. The summed E-state index contributed by atoms with van der Waals surface area (Å²) in [5, 5.41) is 0. The van der Waals surface area contributed by atoms with Crippen LogP contribution < -0.4 is 5.73 Å². The van der Waals surface area contributed by atoms with Gasteiger partial charge in [0.1, 0.15) is 0 Å². The average Bonchev–Trinajstić information content (AvgIpc) is 2.26. The fraction of sp³-hybridized carbons (Fsp3) is 0.615. The van der Waals surface area contributed by atoms with Crippen molar-refractivity contribution in [1.29, 1.82) is 0 Å². The molecule has 2 heteroatoms. The smallest absolute Gasteiger partial charge is 0.0609 e. The zero-order valence-corrected chi connectivity index (χ0v) is 9.83. The lowest BCUT2D eigenvalue weighted by molar-refractivity contribution is 0.139. The molecule has 0 spiro atoms. The van der Waals surface area contributed by atoms with Gasteiger partial charge in [-0.3, -0.25) is 4.98 Å². The number of pyridine rings is 1. The van der Waals surface area contributed by atoms with E-state index < -0.39 is 0 Å². The van der Waals surface area contributed by atoms with Crippen LogP contribution in [0.3, 0.4) is 0 Å². The highest BCUT2D eigenvalue weighted by molar-refractivity contribution is 5.24. The van der Waals surface area contributed by atoms with Crippen LogP contribution in [0.5, 0.6) is 0 Å². The van der Waals surface area contributed by atoms with E-state index in [-0.39, 0.29) is 5.54 Å². The van der Waals surface area contributed by atoms with E-state index in [2.05, 4.69) is 37.9 Å². The Bertz CT molecular complexity index is 342. The third-order valence-electron chi connectivity index (χ3n) is 3.80. The normalized spacial score (nSPS) is 30.3. The topological polar surface area (TPSA) is 38.9 Å². The van der Waals surface area contributed by atoms with Crippen LogP contribution in [0.4, 0.5) is 0 Å². The minimum Gasteiger partial charge on any atom is -0.320 e. The van der Waals surface area contributed by atoms with Crippen molar-refractivity contribution in [2.75, 3.05) is 0 Å². The van der Waals surface area contributed by atoms with Crippen molar-refractivity contribution >= 4 is 0 Å². The first-order chi connectivity index (χ1) is 7.04. The van der Waals surface area contributed by atoms with Crippen LogP contribution in [0.1, 0.15) is 50.8 Å². The summed E-state index contributed by atoms with van der Waals surface area (Å²) in [6.45, 7) is 6.57. The van der Waals surface area contributed by atoms with Gasteiger partial charge in [0, 0.05) is 6.20 Å². The Morgan fingerprint density at radius 2 is 2.20 bits per heavy atom. The summed E-state index contributed by atoms with van der Waals surface area (Å²) < 4.78 is 0. The molecule has 0 saturated heterocycles. The van der Waals surface area contributed by atoms with Crippen LogP contribution in [0.15, 0.2) is 18.3 Å². The quantitative estimate of drug-likeness (QED) is 0.804. The second-order valence-corrected chi connectivity index (χ2v) is 5.11. The Morgan fingerprint density at radius 1 is 1.47 bits per heavy atom. The number of aromatic nitrogens is 1. The molecule has 82 valence electrons. The Balaban J connectivity index is 2.24. The molecule has 1 aliphatic rings. The maximum absolute atomic E-state index is 6.33. The molecule has 2 nitrogen and oxygen atoms in total. The van der Waals surface area contributed by atoms with Gasteiger partial charge < -0.3 is 5.73 Å². The van der Waals surface area contributed by atoms with Crippen LogP contribution in [0.2, 0.25) is 0 Å². The molecule has 0 bridgehead atoms. The Hall–Kier alpha value is -0.890. The van der Waals surface area contributed by atoms with E-state index >= 15 is 0 Å². The van der Waals surface area contributed by atoms with Crippen LogP contribution >= 0.6 is 0 Å². The second kappa shape index (κ2) is 3.60. The van der Waals surface area contributed by atoms with Crippen LogP contribution in [-0.4, -0.2) is 4.98 Å². The van der Waals surface area contributed by atoms with Gasteiger partial charge in [0.2, 0.25) is 0 Å². The highest BCUT2D eigenvalue weighted by atomic mass is 14.9. The van der Waals surface area contributed by atoms with Crippen LogP contribution in [0.25, 0.3) is 0 Å². The summed E-state index contributed by atoms with van der Waals surface area (Å²) in [7, 11) is 0. The van der Waals surface area contributed by atoms with Gasteiger partial charge in [-0.25, -0.2) is 0 Å². The zero-order chi connectivity index (χ0) is 11.1. The van der Waals surface area contributed by atoms with E-state index in [1.807, 2.05) is 6.20 Å². The maximum atomic E-state index is 6.33. The molecule has 0 aliphatic heterocycles. The first kappa shape index (κ1) is 10.6. The molecule has 1 aliphatic carbocycles. The molecule has 2 N–H and O–H groups in total. The molecular formula is C13H20N2. The minimum atomic E-state index is -0.157. The van der Waals surface area contributed by atoms with E-state index in [0.717, 1.165) is 12.1 Å². The molecule has 1 saturated carbocycles. The van der Waals surface area contributed by atoms with Gasteiger partial charge in [-0.15, -0.1) is 0 Å². The van der Waals surface area contributed by atoms with Gasteiger partial charge in [0.25, 0.3) is 0 Å². The summed E-state index contributed by atoms with van der Waals surface area (Å²) in [6, 6.07) is 4.26. The highest BCUT2D eigenvalue weighted by Crippen LogP contribution is 2.43. The SMILES string of the molecule is CC(C)c1ccc(C2(N)CCC2C)nc1. The van der Waals surface area contributed by atoms with Crippen molar-refractivity contribution in [3.8, 4) is 0 Å². The number of hydrogen-bond acceptors (Lipinski definition) is 2. The van der Waals surface area contributed by atoms with Crippen LogP contribution in [0, 0.1) is 5.92 Å². The molecule has 0 amide bonds. The van der Waals surface area contributed by atoms with E-state index in [1.165, 1.54) is 12.0 Å². The number of hydrogen-bond donors (Lipinski definition) is 1. The molecule has 15 heavy (non-hydrogen) atoms. The highest BCUT2D eigenvalue weighted by Gasteiger charge is 2.42. The van der Waals surface area contributed by atoms with Crippen molar-refractivity contribution < 1.29 is 0 Å². The third-order valence-corrected chi connectivity index (χ3v) is 3.80. The average molecular weight is 204 g/mol. The molecule has 2 unspecified atom stereocenters. The van der Waals surface area contributed by atoms with Gasteiger partial charge in [0.15, 0.2) is 0 Å². The summed E-state index contributed by atoms with van der Waals surface area (Å²) >= 11 is 0. The van der Waals surface area contributed by atoms with Crippen molar-refractivity contribution in [2.24, 2.45) is 11.7 Å². The van der Waals surface area contributed by atoms with E-state index in [1.54, 1.807) is 0 Å². The predicted octanol–water partition coefficient (Wildman–Crippen LogP) is 2.79. The summed E-state index contributed by atoms with van der Waals surface area (Å²) in [5.41, 5.74) is 8.52. The number of rotatable bonds is 2. The zero-order valence-electron chi connectivity index (χ0n) is 9.83. The third kappa shape index (κ3) is 1.67. The largest absolute Gasteiger partial charge is 0.320 e. The molecule has 1 fully saturated rings. The number of nitrogens with zero attached hydrogens (tertiary/aromatic N) is 1. The van der Waals surface area contributed by atoms with Gasteiger partial charge in [-0.05, 0) is 36.3 Å². The van der Waals surface area contributed by atoms with E-state index in [9.17, 15) is 0 Å². The van der Waals surface area contributed by atoms with Crippen molar-refractivity contribution in [1.82, 2.24) is 4.98 Å². The molecule has 2 atom stereocenters. The molecule has 0 aromatic carbocycles. The predicted molar refractivity (Wildman–Crippen MR) is 62.6 cm³/mol. The lowest BCUT2D eigenvalue weighted by atomic mass is 9.66. The van der Waals surface area contributed by atoms with Crippen molar-refractivity contribution in [2.45, 2.75) is 45.1 Å². The van der Waals surface area contributed by atoms with Crippen molar-refractivity contribution in [3.63, 3.8) is 0 Å². The van der Waals surface area contributed by atoms with Gasteiger partial charge in [-0.2, -0.15) is 0 Å². The Labute approximate surface area is 91.9 Å². The molecule has 1 heterocycles. The second-order valence-electron chi connectivity index (χ2n) is 5.11. The van der Waals surface area contributed by atoms with Gasteiger partial charge in [-0.1, -0.05) is 26.8 Å². The monoisotopic (exact) mass is 204 g/mol. The molecule has 0 radical (unpaired) electrons. The standard InChI is InChI=1S/C13H20N2/c1-9(2)11-4-5-12(15-8-11)13(14)7-6-10(13)3/h4-5,8-10H,6-7,14H2,1-3H3. The van der Waals surface area contributed by atoms with Crippen molar-refractivity contribution in [3.05, 3.63) is 29.6 Å². The summed E-state index contributed by atoms with van der Waals surface area (Å²) in [4.78, 5) is 4.52. The molecular weight excluding hydrogens is 184 g/mol. The Morgan fingerprint density at radius 3 is 2.53 bits per heavy atom. The van der Waals surface area contributed by atoms with E-state index in [0.29, 0.717) is 11.8 Å². The molecule has 1 aromatic heterocycles. The summed E-state index contributed by atoms with van der Waals surface area (Å²) in [5.74, 6) is 1.11. The maximum Gasteiger partial charge on any atom is 0.0609 e. The van der Waals surface area contributed by atoms with Gasteiger partial charge >= 0.3 is 0 Å². The van der Waals surface area contributed by atoms with E-state index in [4.69, 9.17) is 5.73 Å². The molecule has 2 rings (SSSR count). The first-order valence-electron chi connectivity index (χ1n) is 5.79. The fourth-order valence-electron chi connectivity index (χ4n) is 2.15. The number of nitrogens with two attached hydrogens (primary N) is 1. The van der Waals surface area contributed by atoms with Crippen LogP contribution in [-0.2, 0) is 5.54 Å².